The van der Waals surface area contributed by atoms with Gasteiger partial charge in [-0.15, -0.1) is 0 Å². The lowest BCUT2D eigenvalue weighted by molar-refractivity contribution is -0.129. The summed E-state index contributed by atoms with van der Waals surface area (Å²) in [4.78, 5) is 25.5. The number of hydrogen-bond donors (Lipinski definition) is 4. The Morgan fingerprint density at radius 1 is 1.21 bits per heavy atom. The Bertz CT molecular complexity index is 819. The van der Waals surface area contributed by atoms with Crippen molar-refractivity contribution in [2.75, 3.05) is 18.4 Å². The van der Waals surface area contributed by atoms with Crippen molar-refractivity contribution in [3.63, 3.8) is 0 Å². The van der Waals surface area contributed by atoms with Crippen molar-refractivity contribution in [1.29, 1.82) is 0 Å². The molecule has 156 valence electrons. The fourth-order valence-corrected chi connectivity index (χ4v) is 3.93. The summed E-state index contributed by atoms with van der Waals surface area (Å²) in [5.74, 6) is 0.178. The molecule has 0 bridgehead atoms. The van der Waals surface area contributed by atoms with Crippen molar-refractivity contribution in [2.45, 2.75) is 46.0 Å². The van der Waals surface area contributed by atoms with Gasteiger partial charge in [-0.05, 0) is 63.1 Å². The molecule has 2 aromatic rings. The highest BCUT2D eigenvalue weighted by molar-refractivity contribution is 5.89. The zero-order chi connectivity index (χ0) is 20.8. The first-order valence-electron chi connectivity index (χ1n) is 10.1. The number of aromatic nitrogens is 2. The van der Waals surface area contributed by atoms with Crippen molar-refractivity contribution < 1.29 is 14.8 Å². The Morgan fingerprint density at radius 3 is 2.48 bits per heavy atom. The second-order valence-electron chi connectivity index (χ2n) is 7.67. The van der Waals surface area contributed by atoms with E-state index in [-0.39, 0.29) is 11.9 Å². The fourth-order valence-electron chi connectivity index (χ4n) is 3.93. The average Bonchev–Trinajstić information content (AvgIpc) is 3.07. The number of urea groups is 1. The molecule has 1 fully saturated rings. The van der Waals surface area contributed by atoms with Crippen LogP contribution in [0.5, 0.6) is 0 Å². The number of aromatic amines is 1. The van der Waals surface area contributed by atoms with Gasteiger partial charge in [-0.1, -0.05) is 12.1 Å². The van der Waals surface area contributed by atoms with E-state index in [2.05, 4.69) is 15.5 Å². The number of aryl methyl sites for hydroxylation is 2. The number of carbonyl (C=O) groups excluding carboxylic acids is 2. The van der Waals surface area contributed by atoms with E-state index in [1.54, 1.807) is 5.48 Å². The summed E-state index contributed by atoms with van der Waals surface area (Å²) in [6.07, 6.45) is 3.91. The third-order valence-electron chi connectivity index (χ3n) is 5.60. The van der Waals surface area contributed by atoms with E-state index in [4.69, 9.17) is 5.21 Å². The number of nitrogens with one attached hydrogen (secondary N) is 3. The second kappa shape index (κ2) is 9.56. The zero-order valence-corrected chi connectivity index (χ0v) is 17.0. The summed E-state index contributed by atoms with van der Waals surface area (Å²) in [6, 6.07) is 7.74. The van der Waals surface area contributed by atoms with Crippen molar-refractivity contribution >= 4 is 17.6 Å². The van der Waals surface area contributed by atoms with E-state index in [1.165, 1.54) is 0 Å². The molecule has 1 aromatic heterocycles. The molecular weight excluding hydrogens is 370 g/mol. The molecule has 3 rings (SSSR count). The first-order valence-corrected chi connectivity index (χ1v) is 10.1. The normalized spacial score (nSPS) is 14.7. The van der Waals surface area contributed by atoms with Crippen molar-refractivity contribution in [3.8, 4) is 11.1 Å². The Labute approximate surface area is 170 Å². The number of rotatable bonds is 6. The van der Waals surface area contributed by atoms with Crippen LogP contribution in [-0.2, 0) is 4.79 Å². The topological polar surface area (TPSA) is 110 Å². The molecule has 0 radical (unpaired) electrons. The summed E-state index contributed by atoms with van der Waals surface area (Å²) in [7, 11) is 0. The number of nitrogens with zero attached hydrogens (tertiary/aromatic N) is 2. The third-order valence-corrected chi connectivity index (χ3v) is 5.60. The molecule has 8 heteroatoms. The molecule has 1 aliphatic heterocycles. The first-order chi connectivity index (χ1) is 14.0. The molecule has 3 amide bonds. The van der Waals surface area contributed by atoms with Crippen LogP contribution in [0, 0.1) is 19.8 Å². The number of likely N-dealkylation sites (tertiary alicyclic amines) is 1. The number of carbonyl (C=O) groups is 2. The van der Waals surface area contributed by atoms with Crippen LogP contribution >= 0.6 is 0 Å². The highest BCUT2D eigenvalue weighted by Gasteiger charge is 2.23. The van der Waals surface area contributed by atoms with Crippen LogP contribution in [0.3, 0.4) is 0 Å². The van der Waals surface area contributed by atoms with Gasteiger partial charge in [-0.3, -0.25) is 15.1 Å². The minimum atomic E-state index is -0.342. The van der Waals surface area contributed by atoms with Crippen LogP contribution in [0.15, 0.2) is 24.3 Å². The molecule has 0 aliphatic carbocycles. The lowest BCUT2D eigenvalue weighted by Gasteiger charge is -2.32. The van der Waals surface area contributed by atoms with Crippen LogP contribution < -0.4 is 10.8 Å². The maximum absolute atomic E-state index is 12.6. The average molecular weight is 399 g/mol. The molecule has 29 heavy (non-hydrogen) atoms. The van der Waals surface area contributed by atoms with E-state index in [1.807, 2.05) is 43.0 Å². The van der Waals surface area contributed by atoms with Gasteiger partial charge in [-0.25, -0.2) is 10.3 Å². The quantitative estimate of drug-likeness (QED) is 0.439. The van der Waals surface area contributed by atoms with Gasteiger partial charge in [0.15, 0.2) is 0 Å². The summed E-state index contributed by atoms with van der Waals surface area (Å²) in [6.45, 7) is 5.40. The molecule has 0 saturated carbocycles. The summed E-state index contributed by atoms with van der Waals surface area (Å²) < 4.78 is 0. The van der Waals surface area contributed by atoms with Crippen LogP contribution in [0.1, 0.15) is 43.5 Å². The predicted octanol–water partition coefficient (Wildman–Crippen LogP) is 3.61. The van der Waals surface area contributed by atoms with Gasteiger partial charge < -0.3 is 10.2 Å². The van der Waals surface area contributed by atoms with Gasteiger partial charge in [-0.2, -0.15) is 5.10 Å². The number of piperidine rings is 1. The molecular formula is C21H29N5O3. The van der Waals surface area contributed by atoms with Gasteiger partial charge in [0.05, 0.1) is 5.69 Å². The van der Waals surface area contributed by atoms with E-state index >= 15 is 0 Å². The molecule has 2 heterocycles. The maximum atomic E-state index is 12.6. The monoisotopic (exact) mass is 399 g/mol. The van der Waals surface area contributed by atoms with E-state index in [9.17, 15) is 9.59 Å². The number of hydrogen-bond acceptors (Lipinski definition) is 4. The number of H-pyrrole nitrogens is 1. The van der Waals surface area contributed by atoms with Crippen molar-refractivity contribution in [3.05, 3.63) is 35.7 Å². The summed E-state index contributed by atoms with van der Waals surface area (Å²) >= 11 is 0. The van der Waals surface area contributed by atoms with Crippen molar-refractivity contribution in [2.24, 2.45) is 5.92 Å². The smallest absolute Gasteiger partial charge is 0.321 e. The van der Waals surface area contributed by atoms with Crippen LogP contribution in [0.25, 0.3) is 11.1 Å². The third kappa shape index (κ3) is 5.35. The summed E-state index contributed by atoms with van der Waals surface area (Å²) in [5, 5.41) is 18.7. The number of amides is 3. The number of anilines is 1. The highest BCUT2D eigenvalue weighted by Crippen LogP contribution is 2.27. The van der Waals surface area contributed by atoms with Crippen LogP contribution in [0.4, 0.5) is 10.5 Å². The molecule has 0 unspecified atom stereocenters. The second-order valence-corrected chi connectivity index (χ2v) is 7.67. The fraction of sp³-hybridized carbons (Fsp3) is 0.476. The number of hydroxylamine groups is 1. The molecule has 1 saturated heterocycles. The molecule has 0 atom stereocenters. The Kier molecular flexibility index (Phi) is 6.87. The Balaban J connectivity index is 1.47. The molecule has 1 aliphatic rings. The van der Waals surface area contributed by atoms with Gasteiger partial charge in [0, 0.05) is 36.5 Å². The molecule has 8 nitrogen and oxygen atoms in total. The van der Waals surface area contributed by atoms with Gasteiger partial charge in [0.25, 0.3) is 0 Å². The van der Waals surface area contributed by atoms with Gasteiger partial charge in [0.1, 0.15) is 0 Å². The van der Waals surface area contributed by atoms with Gasteiger partial charge in [0.2, 0.25) is 5.91 Å². The standard InChI is InChI=1S/C21H29N5O3/c1-14-20(15(2)24-23-14)17-6-8-18(9-7-17)22-21(28)26-12-10-16(11-13-26)4-3-5-19(27)25-29/h6-9,16,29H,3-5,10-13H2,1-2H3,(H,22,28)(H,23,24)(H,25,27). The SMILES string of the molecule is Cc1n[nH]c(C)c1-c1ccc(NC(=O)N2CCC(CCCC(=O)NO)CC2)cc1. The maximum Gasteiger partial charge on any atom is 0.321 e. The lowest BCUT2D eigenvalue weighted by atomic mass is 9.91. The largest absolute Gasteiger partial charge is 0.325 e. The van der Waals surface area contributed by atoms with E-state index in [0.717, 1.165) is 53.9 Å². The van der Waals surface area contributed by atoms with E-state index < -0.39 is 0 Å². The summed E-state index contributed by atoms with van der Waals surface area (Å²) in [5.41, 5.74) is 6.59. The number of benzene rings is 1. The Morgan fingerprint density at radius 2 is 1.90 bits per heavy atom. The van der Waals surface area contributed by atoms with Gasteiger partial charge >= 0.3 is 6.03 Å². The van der Waals surface area contributed by atoms with Crippen LogP contribution in [-0.4, -0.2) is 45.3 Å². The minimum absolute atomic E-state index is 0.0773. The predicted molar refractivity (Wildman–Crippen MR) is 111 cm³/mol. The van der Waals surface area contributed by atoms with Crippen LogP contribution in [0.2, 0.25) is 0 Å². The molecule has 0 spiro atoms. The van der Waals surface area contributed by atoms with E-state index in [0.29, 0.717) is 25.4 Å². The lowest BCUT2D eigenvalue weighted by Crippen LogP contribution is -2.41. The highest BCUT2D eigenvalue weighted by atomic mass is 16.5. The molecule has 4 N–H and O–H groups in total. The molecule has 1 aromatic carbocycles. The Hall–Kier alpha value is -2.87. The zero-order valence-electron chi connectivity index (χ0n) is 17.0. The minimum Gasteiger partial charge on any atom is -0.325 e. The first kappa shape index (κ1) is 20.9. The van der Waals surface area contributed by atoms with Crippen molar-refractivity contribution in [1.82, 2.24) is 20.6 Å².